The van der Waals surface area contributed by atoms with Crippen LogP contribution in [-0.4, -0.2) is 93.1 Å². The Labute approximate surface area is 365 Å². The molecular weight excluding hydrogens is 805 g/mol. The van der Waals surface area contributed by atoms with Crippen molar-refractivity contribution in [3.8, 4) is 32.1 Å². The van der Waals surface area contributed by atoms with E-state index in [0.29, 0.717) is 24.9 Å². The number of carbonyl (C=O) groups excluding carboxylic acids is 4. The fourth-order valence-electron chi connectivity index (χ4n) is 10.2. The lowest BCUT2D eigenvalue weighted by Crippen LogP contribution is -2.51. The van der Waals surface area contributed by atoms with E-state index in [9.17, 15) is 19.2 Å². The zero-order chi connectivity index (χ0) is 43.4. The van der Waals surface area contributed by atoms with Crippen molar-refractivity contribution in [2.75, 3.05) is 27.3 Å². The molecule has 62 heavy (non-hydrogen) atoms. The number of fused-ring (bicyclic) bond motifs is 4. The third kappa shape index (κ3) is 7.51. The topological polar surface area (TPSA) is 175 Å². The lowest BCUT2D eigenvalue weighted by Gasteiger charge is -2.31. The first kappa shape index (κ1) is 41.6. The van der Waals surface area contributed by atoms with Crippen LogP contribution < -0.4 is 10.6 Å². The van der Waals surface area contributed by atoms with Crippen molar-refractivity contribution in [1.82, 2.24) is 40.4 Å². The molecule has 0 spiro atoms. The van der Waals surface area contributed by atoms with Gasteiger partial charge in [-0.25, -0.2) is 19.6 Å². The maximum atomic E-state index is 13.8. The Morgan fingerprint density at radius 2 is 1.39 bits per heavy atom. The highest BCUT2D eigenvalue weighted by Gasteiger charge is 2.43. The summed E-state index contributed by atoms with van der Waals surface area (Å²) >= 11 is 1.76. The molecule has 15 heteroatoms. The van der Waals surface area contributed by atoms with E-state index in [2.05, 4.69) is 63.1 Å². The number of imidazole rings is 2. The summed E-state index contributed by atoms with van der Waals surface area (Å²) in [5, 5.41) is 5.47. The Morgan fingerprint density at radius 3 is 2.00 bits per heavy atom. The number of amides is 4. The number of benzene rings is 2. The Morgan fingerprint density at radius 1 is 0.758 bits per heavy atom. The second-order valence-electron chi connectivity index (χ2n) is 18.0. The lowest BCUT2D eigenvalue weighted by molar-refractivity contribution is -0.136. The van der Waals surface area contributed by atoms with Crippen LogP contribution in [0.15, 0.2) is 48.7 Å². The van der Waals surface area contributed by atoms with Gasteiger partial charge in [0.25, 0.3) is 0 Å². The highest BCUT2D eigenvalue weighted by atomic mass is 32.1. The molecule has 1 saturated carbocycles. The van der Waals surface area contributed by atoms with E-state index in [1.54, 1.807) is 11.3 Å². The molecule has 4 amide bonds. The highest BCUT2D eigenvalue weighted by molar-refractivity contribution is 7.18. The number of aromatic amines is 2. The number of methoxy groups -OCH3 is 2. The van der Waals surface area contributed by atoms with Crippen molar-refractivity contribution in [2.45, 2.75) is 103 Å². The number of carbonyl (C=O) groups is 4. The van der Waals surface area contributed by atoms with Crippen LogP contribution in [0.2, 0.25) is 0 Å². The molecule has 0 bridgehead atoms. The van der Waals surface area contributed by atoms with Crippen LogP contribution in [0.1, 0.15) is 107 Å². The van der Waals surface area contributed by atoms with Gasteiger partial charge in [0, 0.05) is 18.0 Å². The molecule has 3 aromatic heterocycles. The van der Waals surface area contributed by atoms with Gasteiger partial charge in [0.15, 0.2) is 0 Å². The number of hydrogen-bond donors (Lipinski definition) is 4. The van der Waals surface area contributed by atoms with Crippen LogP contribution in [0.25, 0.3) is 43.2 Å². The Kier molecular flexibility index (Phi) is 11.3. The molecule has 2 aliphatic heterocycles. The van der Waals surface area contributed by atoms with Crippen LogP contribution in [0, 0.1) is 17.8 Å². The molecule has 4 aliphatic rings. The van der Waals surface area contributed by atoms with Gasteiger partial charge in [0.1, 0.15) is 23.7 Å². The quantitative estimate of drug-likeness (QED) is 0.102. The second-order valence-corrected chi connectivity index (χ2v) is 19.1. The molecule has 5 aromatic rings. The number of nitrogens with zero attached hydrogens (tertiary/aromatic N) is 4. The summed E-state index contributed by atoms with van der Waals surface area (Å²) in [4.78, 5) is 74.6. The third-order valence-electron chi connectivity index (χ3n) is 13.6. The van der Waals surface area contributed by atoms with Crippen LogP contribution in [0.4, 0.5) is 9.59 Å². The minimum Gasteiger partial charge on any atom is -0.453 e. The predicted octanol–water partition coefficient (Wildman–Crippen LogP) is 8.49. The Hall–Kier alpha value is -5.70. The monoisotopic (exact) mass is 860 g/mol. The minimum atomic E-state index is -0.687. The van der Waals surface area contributed by atoms with Crippen LogP contribution in [-0.2, 0) is 25.5 Å². The normalized spacial score (nSPS) is 21.5. The standard InChI is InChI=1S/C47H56N8O6S/c1-24(2)40(52-46(58)60-5)44(56)54-19-7-9-35(54)42-48-23-34(51-42)38-18-17-37(62-38)30-15-14-29(39-28-13-11-26(28)21-31(30)39)27-12-16-32-33(22-27)50-43(49-32)36-10-8-20-55(36)45(57)41(25(3)4)53-47(59)61-6/h12,14-18,22-26,28,35-36,40-41H,7-11,13,19-21H2,1-6H3,(H,48,51)(H,49,50)(H,52,58)(H,53,59)/t26?,28?,35-,36-,40-,41-/m0/s1. The lowest BCUT2D eigenvalue weighted by atomic mass is 9.73. The van der Waals surface area contributed by atoms with Crippen molar-refractivity contribution < 1.29 is 28.7 Å². The first-order chi connectivity index (χ1) is 29.9. The number of likely N-dealkylation sites (tertiary alicyclic amines) is 2. The van der Waals surface area contributed by atoms with Gasteiger partial charge in [-0.1, -0.05) is 45.9 Å². The molecule has 4 N–H and O–H groups in total. The zero-order valence-corrected chi connectivity index (χ0v) is 37.1. The number of hydrogen-bond acceptors (Lipinski definition) is 9. The number of alkyl carbamates (subject to hydrolysis) is 2. The largest absolute Gasteiger partial charge is 0.453 e. The fourth-order valence-corrected chi connectivity index (χ4v) is 11.3. The highest BCUT2D eigenvalue weighted by Crippen LogP contribution is 2.56. The summed E-state index contributed by atoms with van der Waals surface area (Å²) in [5.41, 5.74) is 9.35. The van der Waals surface area contributed by atoms with E-state index in [0.717, 1.165) is 70.9 Å². The predicted molar refractivity (Wildman–Crippen MR) is 237 cm³/mol. The van der Waals surface area contributed by atoms with Crippen molar-refractivity contribution in [2.24, 2.45) is 17.8 Å². The van der Waals surface area contributed by atoms with Crippen LogP contribution >= 0.6 is 11.3 Å². The van der Waals surface area contributed by atoms with E-state index in [4.69, 9.17) is 19.4 Å². The molecule has 3 fully saturated rings. The van der Waals surface area contributed by atoms with Crippen molar-refractivity contribution >= 4 is 46.4 Å². The summed E-state index contributed by atoms with van der Waals surface area (Å²) in [6.07, 6.45) is 7.46. The summed E-state index contributed by atoms with van der Waals surface area (Å²) in [6, 6.07) is 13.7. The summed E-state index contributed by atoms with van der Waals surface area (Å²) in [5.74, 6) is 2.27. The SMILES string of the molecule is COC(=O)N[C@H](C(=O)N1CCC[C@H]1c1ncc(-c2ccc(-c3ccc(-c4ccc5nc([C@@H]6CCCN6C(=O)[C@@H](NC(=O)OC)C(C)C)[nH]c5c4)c4c3CC3CCC43)s2)[nH]1)C(C)C. The molecule has 2 saturated heterocycles. The Balaban J connectivity index is 0.959. The van der Waals surface area contributed by atoms with Crippen LogP contribution in [0.3, 0.4) is 0 Å². The van der Waals surface area contributed by atoms with Gasteiger partial charge < -0.3 is 39.9 Å². The molecule has 2 unspecified atom stereocenters. The van der Waals surface area contributed by atoms with E-state index < -0.39 is 24.3 Å². The van der Waals surface area contributed by atoms with Gasteiger partial charge >= 0.3 is 12.2 Å². The van der Waals surface area contributed by atoms with Crippen LogP contribution in [0.5, 0.6) is 0 Å². The summed E-state index contributed by atoms with van der Waals surface area (Å²) in [6.45, 7) is 8.89. The van der Waals surface area contributed by atoms with E-state index in [-0.39, 0.29) is 35.7 Å². The zero-order valence-electron chi connectivity index (χ0n) is 36.2. The molecule has 6 atom stereocenters. The van der Waals surface area contributed by atoms with Gasteiger partial charge in [0.2, 0.25) is 11.8 Å². The van der Waals surface area contributed by atoms with E-state index >= 15 is 0 Å². The molecule has 14 nitrogen and oxygen atoms in total. The summed E-state index contributed by atoms with van der Waals surface area (Å²) in [7, 11) is 2.61. The first-order valence-corrected chi connectivity index (χ1v) is 22.9. The summed E-state index contributed by atoms with van der Waals surface area (Å²) < 4.78 is 9.62. The average Bonchev–Trinajstić information content (AvgIpc) is 4.11. The van der Waals surface area contributed by atoms with Crippen molar-refractivity contribution in [3.05, 3.63) is 71.4 Å². The number of nitrogens with one attached hydrogen (secondary N) is 4. The maximum Gasteiger partial charge on any atom is 0.407 e. The number of ether oxygens (including phenoxy) is 2. The third-order valence-corrected chi connectivity index (χ3v) is 14.8. The van der Waals surface area contributed by atoms with E-state index in [1.807, 2.05) is 43.7 Å². The Bertz CT molecular complexity index is 2520. The molecule has 5 heterocycles. The smallest absolute Gasteiger partial charge is 0.407 e. The molecule has 326 valence electrons. The van der Waals surface area contributed by atoms with Gasteiger partial charge in [-0.2, -0.15) is 0 Å². The molecule has 9 rings (SSSR count). The molecule has 2 aromatic carbocycles. The van der Waals surface area contributed by atoms with Gasteiger partial charge in [-0.15, -0.1) is 11.3 Å². The van der Waals surface area contributed by atoms with Gasteiger partial charge in [-0.3, -0.25) is 9.59 Å². The molecular formula is C47H56N8O6S. The number of aromatic nitrogens is 4. The molecule has 2 aliphatic carbocycles. The second kappa shape index (κ2) is 16.9. The minimum absolute atomic E-state index is 0.102. The number of rotatable bonds is 11. The first-order valence-electron chi connectivity index (χ1n) is 22.0. The van der Waals surface area contributed by atoms with Gasteiger partial charge in [-0.05, 0) is 121 Å². The number of thiophene rings is 1. The fraction of sp³-hybridized carbons (Fsp3) is 0.489. The molecule has 0 radical (unpaired) electrons. The van der Waals surface area contributed by atoms with Gasteiger partial charge in [0.05, 0.1) is 54.1 Å². The van der Waals surface area contributed by atoms with Crippen molar-refractivity contribution in [1.29, 1.82) is 0 Å². The van der Waals surface area contributed by atoms with Crippen molar-refractivity contribution in [3.63, 3.8) is 0 Å². The average molecular weight is 861 g/mol. The maximum absolute atomic E-state index is 13.8. The van der Waals surface area contributed by atoms with E-state index in [1.165, 1.54) is 54.2 Å². The number of H-pyrrole nitrogens is 2.